The molecule has 0 unspecified atom stereocenters. The molecular weight excluding hydrogens is 330 g/mol. The third-order valence-electron chi connectivity index (χ3n) is 3.61. The van der Waals surface area contributed by atoms with Crippen molar-refractivity contribution in [2.45, 2.75) is 12.8 Å². The SMILES string of the molecule is COc1ccccc1NC(=O)Cc1cc(Cl)c2c(c1)OCCCO2. The van der Waals surface area contributed by atoms with E-state index in [1.165, 1.54) is 0 Å². The van der Waals surface area contributed by atoms with Crippen molar-refractivity contribution in [3.05, 3.63) is 47.0 Å². The first kappa shape index (κ1) is 16.5. The Labute approximate surface area is 145 Å². The molecule has 5 nitrogen and oxygen atoms in total. The van der Waals surface area contributed by atoms with Gasteiger partial charge in [0.05, 0.1) is 37.5 Å². The summed E-state index contributed by atoms with van der Waals surface area (Å²) >= 11 is 6.25. The molecule has 0 fully saturated rings. The third kappa shape index (κ3) is 3.74. The minimum Gasteiger partial charge on any atom is -0.495 e. The Balaban J connectivity index is 1.75. The molecule has 0 spiro atoms. The van der Waals surface area contributed by atoms with Crippen LogP contribution in [0.15, 0.2) is 36.4 Å². The lowest BCUT2D eigenvalue weighted by molar-refractivity contribution is -0.115. The van der Waals surface area contributed by atoms with Crippen molar-refractivity contribution in [1.29, 1.82) is 0 Å². The number of methoxy groups -OCH3 is 1. The van der Waals surface area contributed by atoms with Crippen molar-refractivity contribution >= 4 is 23.2 Å². The predicted molar refractivity (Wildman–Crippen MR) is 92.4 cm³/mol. The Morgan fingerprint density at radius 1 is 1.25 bits per heavy atom. The second kappa shape index (κ2) is 7.45. The van der Waals surface area contributed by atoms with Crippen LogP contribution in [0, 0.1) is 0 Å². The molecule has 0 atom stereocenters. The van der Waals surface area contributed by atoms with Crippen LogP contribution in [0.3, 0.4) is 0 Å². The fourth-order valence-corrected chi connectivity index (χ4v) is 2.80. The molecule has 0 bridgehead atoms. The highest BCUT2D eigenvalue weighted by molar-refractivity contribution is 6.32. The van der Waals surface area contributed by atoms with Crippen LogP contribution >= 0.6 is 11.6 Å². The highest BCUT2D eigenvalue weighted by Crippen LogP contribution is 2.38. The number of ether oxygens (including phenoxy) is 3. The van der Waals surface area contributed by atoms with Crippen molar-refractivity contribution in [3.8, 4) is 17.2 Å². The number of para-hydroxylation sites is 2. The summed E-state index contributed by atoms with van der Waals surface area (Å²) < 4.78 is 16.5. The number of carbonyl (C=O) groups excluding carboxylic acids is 1. The molecule has 0 aliphatic carbocycles. The number of rotatable bonds is 4. The van der Waals surface area contributed by atoms with Gasteiger partial charge >= 0.3 is 0 Å². The minimum atomic E-state index is -0.162. The van der Waals surface area contributed by atoms with Gasteiger partial charge in [0.15, 0.2) is 11.5 Å². The standard InChI is InChI=1S/C18H18ClNO4/c1-22-15-6-3-2-5-14(15)20-17(21)11-12-9-13(19)18-16(10-12)23-7-4-8-24-18/h2-3,5-6,9-10H,4,7-8,11H2,1H3,(H,20,21). The van der Waals surface area contributed by atoms with E-state index in [2.05, 4.69) is 5.32 Å². The Morgan fingerprint density at radius 2 is 2.04 bits per heavy atom. The number of hydrogen-bond acceptors (Lipinski definition) is 4. The zero-order valence-corrected chi connectivity index (χ0v) is 14.1. The molecule has 2 aromatic rings. The quantitative estimate of drug-likeness (QED) is 0.916. The minimum absolute atomic E-state index is 0.162. The summed E-state index contributed by atoms with van der Waals surface area (Å²) in [6.07, 6.45) is 0.975. The van der Waals surface area contributed by atoms with E-state index >= 15 is 0 Å². The average Bonchev–Trinajstić information content (AvgIpc) is 2.81. The van der Waals surface area contributed by atoms with Gasteiger partial charge in [-0.25, -0.2) is 0 Å². The molecule has 2 aromatic carbocycles. The molecule has 6 heteroatoms. The van der Waals surface area contributed by atoms with Crippen LogP contribution in [0.5, 0.6) is 17.2 Å². The van der Waals surface area contributed by atoms with Crippen LogP contribution in [0.1, 0.15) is 12.0 Å². The summed E-state index contributed by atoms with van der Waals surface area (Å²) in [4.78, 5) is 12.3. The summed E-state index contributed by atoms with van der Waals surface area (Å²) in [6, 6.07) is 10.8. The first-order chi connectivity index (χ1) is 11.7. The number of anilines is 1. The third-order valence-corrected chi connectivity index (χ3v) is 3.89. The van der Waals surface area contributed by atoms with Gasteiger partial charge in [0, 0.05) is 6.42 Å². The maximum atomic E-state index is 12.3. The Kier molecular flexibility index (Phi) is 5.11. The second-order valence-electron chi connectivity index (χ2n) is 5.38. The molecule has 0 saturated carbocycles. The van der Waals surface area contributed by atoms with E-state index in [9.17, 15) is 4.79 Å². The fraction of sp³-hybridized carbons (Fsp3) is 0.278. The number of carbonyl (C=O) groups is 1. The Bertz CT molecular complexity index is 748. The lowest BCUT2D eigenvalue weighted by Crippen LogP contribution is -2.15. The van der Waals surface area contributed by atoms with Gasteiger partial charge in [-0.1, -0.05) is 23.7 Å². The number of halogens is 1. The molecule has 24 heavy (non-hydrogen) atoms. The van der Waals surface area contributed by atoms with E-state index < -0.39 is 0 Å². The van der Waals surface area contributed by atoms with Crippen molar-refractivity contribution in [2.75, 3.05) is 25.6 Å². The monoisotopic (exact) mass is 347 g/mol. The lowest BCUT2D eigenvalue weighted by Gasteiger charge is -2.12. The molecular formula is C18H18ClNO4. The molecule has 3 rings (SSSR count). The maximum Gasteiger partial charge on any atom is 0.228 e. The van der Waals surface area contributed by atoms with Crippen LogP contribution in [0.4, 0.5) is 5.69 Å². The van der Waals surface area contributed by atoms with Crippen LogP contribution < -0.4 is 19.5 Å². The van der Waals surface area contributed by atoms with Crippen LogP contribution in [-0.4, -0.2) is 26.2 Å². The van der Waals surface area contributed by atoms with Gasteiger partial charge in [0.25, 0.3) is 0 Å². The molecule has 126 valence electrons. The largest absolute Gasteiger partial charge is 0.495 e. The zero-order valence-electron chi connectivity index (χ0n) is 13.3. The van der Waals surface area contributed by atoms with Gasteiger partial charge < -0.3 is 19.5 Å². The van der Waals surface area contributed by atoms with Crippen LogP contribution in [0.25, 0.3) is 0 Å². The first-order valence-electron chi connectivity index (χ1n) is 7.68. The first-order valence-corrected chi connectivity index (χ1v) is 8.06. The predicted octanol–water partition coefficient (Wildman–Crippen LogP) is 3.69. The summed E-state index contributed by atoms with van der Waals surface area (Å²) in [5, 5.41) is 3.30. The van der Waals surface area contributed by atoms with Crippen molar-refractivity contribution in [2.24, 2.45) is 0 Å². The van der Waals surface area contributed by atoms with E-state index in [4.69, 9.17) is 25.8 Å². The van der Waals surface area contributed by atoms with Gasteiger partial charge in [-0.2, -0.15) is 0 Å². The van der Waals surface area contributed by atoms with Gasteiger partial charge in [-0.3, -0.25) is 4.79 Å². The normalized spacial score (nSPS) is 13.1. The number of benzene rings is 2. The highest BCUT2D eigenvalue weighted by atomic mass is 35.5. The molecule has 1 aliphatic rings. The average molecular weight is 348 g/mol. The van der Waals surface area contributed by atoms with Crippen LogP contribution in [-0.2, 0) is 11.2 Å². The molecule has 1 aliphatic heterocycles. The Morgan fingerprint density at radius 3 is 2.88 bits per heavy atom. The van der Waals surface area contributed by atoms with Gasteiger partial charge in [-0.15, -0.1) is 0 Å². The fourth-order valence-electron chi connectivity index (χ4n) is 2.51. The van der Waals surface area contributed by atoms with Crippen molar-refractivity contribution in [1.82, 2.24) is 0 Å². The lowest BCUT2D eigenvalue weighted by atomic mass is 10.1. The molecule has 0 aromatic heterocycles. The molecule has 1 amide bonds. The number of amides is 1. The number of fused-ring (bicyclic) bond motifs is 1. The highest BCUT2D eigenvalue weighted by Gasteiger charge is 2.17. The smallest absolute Gasteiger partial charge is 0.228 e. The summed E-state index contributed by atoms with van der Waals surface area (Å²) in [5.41, 5.74) is 1.39. The van der Waals surface area contributed by atoms with Gasteiger partial charge in [-0.05, 0) is 29.8 Å². The van der Waals surface area contributed by atoms with Crippen LogP contribution in [0.2, 0.25) is 5.02 Å². The molecule has 1 heterocycles. The van der Waals surface area contributed by atoms with E-state index in [0.717, 1.165) is 12.0 Å². The summed E-state index contributed by atoms with van der Waals surface area (Å²) in [5.74, 6) is 1.58. The van der Waals surface area contributed by atoms with Gasteiger partial charge in [0.2, 0.25) is 5.91 Å². The number of hydrogen-bond donors (Lipinski definition) is 1. The van der Waals surface area contributed by atoms with Crippen molar-refractivity contribution in [3.63, 3.8) is 0 Å². The summed E-state index contributed by atoms with van der Waals surface area (Å²) in [6.45, 7) is 1.14. The van der Waals surface area contributed by atoms with Crippen molar-refractivity contribution < 1.29 is 19.0 Å². The van der Waals surface area contributed by atoms with E-state index in [1.54, 1.807) is 31.4 Å². The van der Waals surface area contributed by atoms with E-state index in [1.807, 2.05) is 12.1 Å². The topological polar surface area (TPSA) is 56.8 Å². The molecule has 0 radical (unpaired) electrons. The maximum absolute atomic E-state index is 12.3. The molecule has 0 saturated heterocycles. The van der Waals surface area contributed by atoms with E-state index in [-0.39, 0.29) is 12.3 Å². The molecule has 1 N–H and O–H groups in total. The zero-order chi connectivity index (χ0) is 16.9. The summed E-state index contributed by atoms with van der Waals surface area (Å²) in [7, 11) is 1.56. The Hall–Kier alpha value is -2.40. The number of nitrogens with one attached hydrogen (secondary N) is 1. The van der Waals surface area contributed by atoms with Gasteiger partial charge in [0.1, 0.15) is 5.75 Å². The second-order valence-corrected chi connectivity index (χ2v) is 5.79. The van der Waals surface area contributed by atoms with E-state index in [0.29, 0.717) is 41.2 Å².